The lowest BCUT2D eigenvalue weighted by Crippen LogP contribution is -2.22. The molecular weight excluding hydrogens is 302 g/mol. The molecule has 0 fully saturated rings. The smallest absolute Gasteiger partial charge is 0.312 e. The number of hydrogen-bond acceptors (Lipinski definition) is 4. The molecule has 1 heterocycles. The van der Waals surface area contributed by atoms with Crippen LogP contribution >= 0.6 is 15.9 Å². The number of carboxylic acid groups (broad SMARTS) is 1. The van der Waals surface area contributed by atoms with Gasteiger partial charge in [-0.25, -0.2) is 0 Å². The first kappa shape index (κ1) is 13.2. The van der Waals surface area contributed by atoms with E-state index >= 15 is 0 Å². The lowest BCUT2D eigenvalue weighted by atomic mass is 9.92. The third-order valence-electron chi connectivity index (χ3n) is 3.00. The minimum atomic E-state index is -0.932. The molecule has 1 aliphatic heterocycles. The van der Waals surface area contributed by atoms with E-state index < -0.39 is 11.9 Å². The molecule has 5 nitrogen and oxygen atoms in total. The van der Waals surface area contributed by atoms with Gasteiger partial charge in [0.25, 0.3) is 0 Å². The Hall–Kier alpha value is -1.27. The molecule has 1 unspecified atom stereocenters. The van der Waals surface area contributed by atoms with Crippen molar-refractivity contribution in [3.63, 3.8) is 0 Å². The highest BCUT2D eigenvalue weighted by atomic mass is 79.9. The Morgan fingerprint density at radius 1 is 1.61 bits per heavy atom. The Morgan fingerprint density at radius 3 is 2.89 bits per heavy atom. The Bertz CT molecular complexity index is 489. The number of rotatable bonds is 4. The number of carboxylic acids is 1. The predicted octanol–water partition coefficient (Wildman–Crippen LogP) is 1.87. The lowest BCUT2D eigenvalue weighted by molar-refractivity contribution is -0.138. The van der Waals surface area contributed by atoms with Crippen LogP contribution in [0.1, 0.15) is 24.0 Å². The summed E-state index contributed by atoms with van der Waals surface area (Å²) >= 11 is 3.45. The molecule has 0 aliphatic carbocycles. The van der Waals surface area contributed by atoms with Crippen LogP contribution in [0.3, 0.4) is 0 Å². The van der Waals surface area contributed by atoms with E-state index in [9.17, 15) is 9.90 Å². The maximum atomic E-state index is 11.2. The molecule has 18 heavy (non-hydrogen) atoms. The molecule has 2 rings (SSSR count). The maximum absolute atomic E-state index is 11.2. The maximum Gasteiger partial charge on any atom is 0.312 e. The summed E-state index contributed by atoms with van der Waals surface area (Å²) in [5.41, 5.74) is 7.14. The summed E-state index contributed by atoms with van der Waals surface area (Å²) in [5.74, 6) is -0.464. The normalized spacial score (nSPS) is 14.6. The quantitative estimate of drug-likeness (QED) is 0.886. The van der Waals surface area contributed by atoms with Crippen LogP contribution in [-0.2, 0) is 11.2 Å². The van der Waals surface area contributed by atoms with Gasteiger partial charge in [0.05, 0.1) is 10.4 Å². The van der Waals surface area contributed by atoms with Crippen LogP contribution in [0.15, 0.2) is 10.5 Å². The van der Waals surface area contributed by atoms with Crippen LogP contribution in [0.4, 0.5) is 0 Å². The van der Waals surface area contributed by atoms with Crippen LogP contribution in [-0.4, -0.2) is 24.4 Å². The minimum absolute atomic E-state index is 0.0500. The molecular formula is C12H14BrNO4. The molecule has 0 spiro atoms. The molecule has 0 radical (unpaired) electrons. The molecule has 1 aromatic carbocycles. The van der Waals surface area contributed by atoms with Crippen molar-refractivity contribution in [3.05, 3.63) is 21.7 Å². The Kier molecular flexibility index (Phi) is 3.77. The molecule has 0 saturated heterocycles. The molecule has 0 aromatic heterocycles. The van der Waals surface area contributed by atoms with E-state index in [1.54, 1.807) is 6.07 Å². The number of aliphatic carboxylic acids is 1. The summed E-state index contributed by atoms with van der Waals surface area (Å²) in [4.78, 5) is 11.2. The van der Waals surface area contributed by atoms with Crippen LogP contribution in [0.25, 0.3) is 0 Å². The van der Waals surface area contributed by atoms with Gasteiger partial charge in [-0.05, 0) is 39.5 Å². The first-order chi connectivity index (χ1) is 8.60. The predicted molar refractivity (Wildman–Crippen MR) is 69.1 cm³/mol. The van der Waals surface area contributed by atoms with Gasteiger partial charge in [0.1, 0.15) is 0 Å². The monoisotopic (exact) mass is 315 g/mol. The fourth-order valence-corrected chi connectivity index (χ4v) is 2.91. The molecule has 1 aliphatic rings. The second-order valence-electron chi connectivity index (χ2n) is 3.97. The van der Waals surface area contributed by atoms with E-state index in [0.29, 0.717) is 23.5 Å². The van der Waals surface area contributed by atoms with Crippen molar-refractivity contribution in [3.8, 4) is 11.5 Å². The van der Waals surface area contributed by atoms with E-state index in [2.05, 4.69) is 15.9 Å². The largest absolute Gasteiger partial charge is 0.481 e. The number of fused-ring (bicyclic) bond motifs is 1. The first-order valence-corrected chi connectivity index (χ1v) is 6.43. The van der Waals surface area contributed by atoms with Crippen molar-refractivity contribution in [2.45, 2.75) is 19.3 Å². The van der Waals surface area contributed by atoms with Gasteiger partial charge in [-0.15, -0.1) is 0 Å². The van der Waals surface area contributed by atoms with Gasteiger partial charge >= 0.3 is 5.97 Å². The summed E-state index contributed by atoms with van der Waals surface area (Å²) in [5, 5.41) is 9.22. The summed E-state index contributed by atoms with van der Waals surface area (Å²) in [6, 6.07) is 1.72. The van der Waals surface area contributed by atoms with Crippen molar-refractivity contribution >= 4 is 21.9 Å². The summed E-state index contributed by atoms with van der Waals surface area (Å²) in [7, 11) is 0. The first-order valence-electron chi connectivity index (χ1n) is 5.63. The summed E-state index contributed by atoms with van der Waals surface area (Å²) < 4.78 is 11.4. The number of carbonyl (C=O) groups is 1. The topological polar surface area (TPSA) is 81.8 Å². The van der Waals surface area contributed by atoms with Crippen molar-refractivity contribution < 1.29 is 19.4 Å². The fraction of sp³-hybridized carbons (Fsp3) is 0.417. The van der Waals surface area contributed by atoms with Crippen LogP contribution in [0, 0.1) is 0 Å². The third-order valence-corrected chi connectivity index (χ3v) is 3.84. The number of nitrogens with two attached hydrogens (primary N) is 1. The van der Waals surface area contributed by atoms with Crippen molar-refractivity contribution in [2.75, 3.05) is 13.3 Å². The van der Waals surface area contributed by atoms with Gasteiger partial charge in [0, 0.05) is 6.54 Å². The van der Waals surface area contributed by atoms with Crippen molar-refractivity contribution in [1.82, 2.24) is 0 Å². The second kappa shape index (κ2) is 5.16. The van der Waals surface area contributed by atoms with E-state index in [-0.39, 0.29) is 13.3 Å². The number of hydrogen-bond donors (Lipinski definition) is 2. The highest BCUT2D eigenvalue weighted by Crippen LogP contribution is 2.44. The van der Waals surface area contributed by atoms with E-state index in [4.69, 9.17) is 15.2 Å². The number of halogens is 1. The summed E-state index contributed by atoms with van der Waals surface area (Å²) in [6.07, 6.45) is 0.691. The Balaban J connectivity index is 2.59. The zero-order valence-corrected chi connectivity index (χ0v) is 11.5. The number of ether oxygens (including phenoxy) is 2. The van der Waals surface area contributed by atoms with Gasteiger partial charge in [0.15, 0.2) is 11.5 Å². The van der Waals surface area contributed by atoms with Crippen LogP contribution in [0.2, 0.25) is 0 Å². The molecule has 0 amide bonds. The van der Waals surface area contributed by atoms with Crippen molar-refractivity contribution in [2.24, 2.45) is 5.73 Å². The van der Waals surface area contributed by atoms with Gasteiger partial charge in [-0.1, -0.05) is 6.92 Å². The van der Waals surface area contributed by atoms with Crippen molar-refractivity contribution in [1.29, 1.82) is 0 Å². The van der Waals surface area contributed by atoms with Crippen LogP contribution < -0.4 is 15.2 Å². The standard InChI is InChI=1S/C12H14BrNO4/c1-2-6-7(8(4-14)12(15)16)3-9-11(10(6)13)18-5-17-9/h3,8H,2,4-5,14H2,1H3,(H,15,16). The van der Waals surface area contributed by atoms with E-state index in [1.165, 1.54) is 0 Å². The third kappa shape index (κ3) is 2.06. The average Bonchev–Trinajstić information content (AvgIpc) is 2.78. The number of benzene rings is 1. The van der Waals surface area contributed by atoms with Gasteiger partial charge in [-0.2, -0.15) is 0 Å². The molecule has 6 heteroatoms. The SMILES string of the molecule is CCc1c(C(CN)C(=O)O)cc2c(c1Br)OCO2. The Labute approximate surface area is 113 Å². The lowest BCUT2D eigenvalue weighted by Gasteiger charge is -2.17. The molecule has 0 saturated carbocycles. The highest BCUT2D eigenvalue weighted by Gasteiger charge is 2.28. The second-order valence-corrected chi connectivity index (χ2v) is 4.77. The van der Waals surface area contributed by atoms with Crippen LogP contribution in [0.5, 0.6) is 11.5 Å². The van der Waals surface area contributed by atoms with E-state index in [1.807, 2.05) is 6.92 Å². The minimum Gasteiger partial charge on any atom is -0.481 e. The average molecular weight is 316 g/mol. The molecule has 98 valence electrons. The molecule has 0 bridgehead atoms. The molecule has 1 atom stereocenters. The summed E-state index contributed by atoms with van der Waals surface area (Å²) in [6.45, 7) is 2.16. The molecule has 3 N–H and O–H groups in total. The van der Waals surface area contributed by atoms with Gasteiger partial charge in [0.2, 0.25) is 6.79 Å². The van der Waals surface area contributed by atoms with Gasteiger partial charge < -0.3 is 20.3 Å². The highest BCUT2D eigenvalue weighted by molar-refractivity contribution is 9.10. The Morgan fingerprint density at radius 2 is 2.33 bits per heavy atom. The van der Waals surface area contributed by atoms with E-state index in [0.717, 1.165) is 10.0 Å². The molecule has 1 aromatic rings. The van der Waals surface area contributed by atoms with Gasteiger partial charge in [-0.3, -0.25) is 4.79 Å². The zero-order chi connectivity index (χ0) is 13.3. The fourth-order valence-electron chi connectivity index (χ4n) is 2.09. The zero-order valence-electron chi connectivity index (χ0n) is 9.90.